The summed E-state index contributed by atoms with van der Waals surface area (Å²) in [6.07, 6.45) is 1.13. The average Bonchev–Trinajstić information content (AvgIpc) is 2.52. The van der Waals surface area contributed by atoms with Gasteiger partial charge >= 0.3 is 0 Å². The predicted molar refractivity (Wildman–Crippen MR) is 83.1 cm³/mol. The molecular formula is C18H19NO2. The Kier molecular flexibility index (Phi) is 5.27. The van der Waals surface area contributed by atoms with Gasteiger partial charge in [0.25, 0.3) is 0 Å². The Hall–Kier alpha value is -2.42. The maximum absolute atomic E-state index is 11.8. The van der Waals surface area contributed by atoms with Gasteiger partial charge in [-0.25, -0.2) is 0 Å². The summed E-state index contributed by atoms with van der Waals surface area (Å²) in [4.78, 5) is 23.0. The smallest absolute Gasteiger partial charge is 0.220 e. The Morgan fingerprint density at radius 1 is 0.905 bits per heavy atom. The van der Waals surface area contributed by atoms with Crippen molar-refractivity contribution in [3.63, 3.8) is 0 Å². The predicted octanol–water partition coefficient (Wildman–Crippen LogP) is 3.14. The van der Waals surface area contributed by atoms with Crippen molar-refractivity contribution < 1.29 is 9.59 Å². The van der Waals surface area contributed by atoms with Gasteiger partial charge in [-0.1, -0.05) is 54.6 Å². The van der Waals surface area contributed by atoms with Crippen LogP contribution < -0.4 is 5.32 Å². The van der Waals surface area contributed by atoms with Crippen molar-refractivity contribution in [1.29, 1.82) is 0 Å². The van der Waals surface area contributed by atoms with E-state index in [0.29, 0.717) is 24.9 Å². The molecule has 3 heteroatoms. The summed E-state index contributed by atoms with van der Waals surface area (Å²) in [6.45, 7) is 2.11. The summed E-state index contributed by atoms with van der Waals surface area (Å²) >= 11 is 0. The molecule has 0 bridgehead atoms. The van der Waals surface area contributed by atoms with Crippen LogP contribution in [0.5, 0.6) is 0 Å². The monoisotopic (exact) mass is 281 g/mol. The fraction of sp³-hybridized carbons (Fsp3) is 0.222. The number of ketones is 1. The zero-order chi connectivity index (χ0) is 15.1. The molecular weight excluding hydrogens is 262 g/mol. The molecule has 1 N–H and O–H groups in total. The Bertz CT molecular complexity index is 603. The molecule has 1 amide bonds. The number of amides is 1. The first kappa shape index (κ1) is 15.0. The molecule has 0 unspecified atom stereocenters. The zero-order valence-corrected chi connectivity index (χ0v) is 12.1. The van der Waals surface area contributed by atoms with E-state index in [1.165, 1.54) is 0 Å². The molecule has 2 aromatic carbocycles. The van der Waals surface area contributed by atoms with Crippen molar-refractivity contribution in [2.75, 3.05) is 0 Å². The number of hydrogen-bond acceptors (Lipinski definition) is 2. The summed E-state index contributed by atoms with van der Waals surface area (Å²) in [6, 6.07) is 17.3. The van der Waals surface area contributed by atoms with Gasteiger partial charge in [0.15, 0.2) is 5.78 Å². The Balaban J connectivity index is 1.77. The number of carbonyl (C=O) groups is 2. The molecule has 0 fully saturated rings. The Morgan fingerprint density at radius 2 is 1.57 bits per heavy atom. The van der Waals surface area contributed by atoms with Gasteiger partial charge in [0.1, 0.15) is 0 Å². The van der Waals surface area contributed by atoms with Gasteiger partial charge < -0.3 is 5.32 Å². The molecule has 3 nitrogen and oxygen atoms in total. The molecule has 0 aliphatic rings. The van der Waals surface area contributed by atoms with Gasteiger partial charge in [0.05, 0.1) is 0 Å². The lowest BCUT2D eigenvalue weighted by atomic mass is 10.1. The first-order valence-electron chi connectivity index (χ1n) is 7.05. The average molecular weight is 281 g/mol. The summed E-state index contributed by atoms with van der Waals surface area (Å²) in [5, 5.41) is 2.91. The highest BCUT2D eigenvalue weighted by Gasteiger charge is 2.03. The van der Waals surface area contributed by atoms with Crippen LogP contribution in [0, 0.1) is 0 Å². The second-order valence-corrected chi connectivity index (χ2v) is 5.02. The van der Waals surface area contributed by atoms with Crippen molar-refractivity contribution in [2.24, 2.45) is 0 Å². The molecule has 0 aliphatic carbocycles. The molecule has 0 aliphatic heterocycles. The quantitative estimate of drug-likeness (QED) is 0.827. The number of hydrogen-bond donors (Lipinski definition) is 1. The molecule has 0 aromatic heterocycles. The number of Topliss-reactive ketones (excluding diaryl/α,β-unsaturated/α-hetero) is 1. The Labute approximate surface area is 125 Å². The topological polar surface area (TPSA) is 46.2 Å². The van der Waals surface area contributed by atoms with E-state index in [1.54, 1.807) is 19.1 Å². The minimum atomic E-state index is 0.0366. The molecule has 0 atom stereocenters. The Morgan fingerprint density at radius 3 is 2.19 bits per heavy atom. The number of aryl methyl sites for hydroxylation is 1. The van der Waals surface area contributed by atoms with E-state index >= 15 is 0 Å². The van der Waals surface area contributed by atoms with Gasteiger partial charge in [-0.2, -0.15) is 0 Å². The molecule has 2 rings (SSSR count). The lowest BCUT2D eigenvalue weighted by Crippen LogP contribution is -2.22. The molecule has 21 heavy (non-hydrogen) atoms. The van der Waals surface area contributed by atoms with E-state index in [2.05, 4.69) is 5.32 Å². The van der Waals surface area contributed by atoms with Gasteiger partial charge in [0.2, 0.25) is 5.91 Å². The van der Waals surface area contributed by atoms with Crippen molar-refractivity contribution in [2.45, 2.75) is 26.3 Å². The van der Waals surface area contributed by atoms with E-state index in [9.17, 15) is 9.59 Å². The van der Waals surface area contributed by atoms with Gasteiger partial charge in [-0.15, -0.1) is 0 Å². The molecule has 0 heterocycles. The van der Waals surface area contributed by atoms with Gasteiger partial charge in [-0.3, -0.25) is 9.59 Å². The number of benzene rings is 2. The van der Waals surface area contributed by atoms with Crippen molar-refractivity contribution in [3.8, 4) is 0 Å². The van der Waals surface area contributed by atoms with Crippen LogP contribution >= 0.6 is 0 Å². The van der Waals surface area contributed by atoms with E-state index in [-0.39, 0.29) is 11.7 Å². The number of rotatable bonds is 6. The van der Waals surface area contributed by atoms with Crippen LogP contribution in [0.3, 0.4) is 0 Å². The molecule has 2 aromatic rings. The largest absolute Gasteiger partial charge is 0.352 e. The number of nitrogens with one attached hydrogen (secondary N) is 1. The third kappa shape index (κ3) is 4.88. The van der Waals surface area contributed by atoms with Crippen LogP contribution in [0.2, 0.25) is 0 Å². The van der Waals surface area contributed by atoms with Crippen LogP contribution in [-0.4, -0.2) is 11.7 Å². The maximum atomic E-state index is 11.8. The molecule has 108 valence electrons. The standard InChI is InChI=1S/C18H19NO2/c1-14(20)17-10-7-15(8-11-17)9-12-18(21)19-13-16-5-3-2-4-6-16/h2-8,10-11H,9,12-13H2,1H3,(H,19,21). The van der Waals surface area contributed by atoms with Gasteiger partial charge in [0, 0.05) is 18.5 Å². The maximum Gasteiger partial charge on any atom is 0.220 e. The highest BCUT2D eigenvalue weighted by Crippen LogP contribution is 2.07. The third-order valence-corrected chi connectivity index (χ3v) is 3.33. The van der Waals surface area contributed by atoms with E-state index in [4.69, 9.17) is 0 Å². The van der Waals surface area contributed by atoms with Gasteiger partial charge in [-0.05, 0) is 24.5 Å². The van der Waals surface area contributed by atoms with E-state index in [1.807, 2.05) is 42.5 Å². The fourth-order valence-corrected chi connectivity index (χ4v) is 2.05. The zero-order valence-electron chi connectivity index (χ0n) is 12.1. The number of carbonyl (C=O) groups excluding carboxylic acids is 2. The third-order valence-electron chi connectivity index (χ3n) is 3.33. The van der Waals surface area contributed by atoms with Crippen LogP contribution in [0.4, 0.5) is 0 Å². The highest BCUT2D eigenvalue weighted by atomic mass is 16.1. The van der Waals surface area contributed by atoms with Crippen LogP contribution in [-0.2, 0) is 17.8 Å². The summed E-state index contributed by atoms with van der Waals surface area (Å²) < 4.78 is 0. The van der Waals surface area contributed by atoms with Crippen LogP contribution in [0.1, 0.15) is 34.8 Å². The minimum absolute atomic E-state index is 0.0366. The van der Waals surface area contributed by atoms with Crippen LogP contribution in [0.25, 0.3) is 0 Å². The second-order valence-electron chi connectivity index (χ2n) is 5.02. The SMILES string of the molecule is CC(=O)c1ccc(CCC(=O)NCc2ccccc2)cc1. The highest BCUT2D eigenvalue weighted by molar-refractivity contribution is 5.94. The molecule has 0 spiro atoms. The van der Waals surface area contributed by atoms with E-state index < -0.39 is 0 Å². The van der Waals surface area contributed by atoms with Crippen molar-refractivity contribution in [3.05, 3.63) is 71.3 Å². The summed E-state index contributed by atoms with van der Waals surface area (Å²) in [5.41, 5.74) is 2.86. The van der Waals surface area contributed by atoms with E-state index in [0.717, 1.165) is 11.1 Å². The fourth-order valence-electron chi connectivity index (χ4n) is 2.05. The lowest BCUT2D eigenvalue weighted by Gasteiger charge is -2.06. The first-order chi connectivity index (χ1) is 10.1. The van der Waals surface area contributed by atoms with Crippen molar-refractivity contribution >= 4 is 11.7 Å². The normalized spacial score (nSPS) is 10.1. The molecule has 0 saturated heterocycles. The minimum Gasteiger partial charge on any atom is -0.352 e. The summed E-state index contributed by atoms with van der Waals surface area (Å²) in [7, 11) is 0. The second kappa shape index (κ2) is 7.39. The summed E-state index contributed by atoms with van der Waals surface area (Å²) in [5.74, 6) is 0.0941. The van der Waals surface area contributed by atoms with Crippen LogP contribution in [0.15, 0.2) is 54.6 Å². The lowest BCUT2D eigenvalue weighted by molar-refractivity contribution is -0.121. The molecule has 0 saturated carbocycles. The molecule has 0 radical (unpaired) electrons. The van der Waals surface area contributed by atoms with Crippen molar-refractivity contribution in [1.82, 2.24) is 5.32 Å². The first-order valence-corrected chi connectivity index (χ1v) is 7.05.